The summed E-state index contributed by atoms with van der Waals surface area (Å²) in [6.45, 7) is 3.69. The Kier molecular flexibility index (Phi) is 3.39. The van der Waals surface area contributed by atoms with Gasteiger partial charge in [-0.2, -0.15) is 5.26 Å². The van der Waals surface area contributed by atoms with Crippen LogP contribution in [0.5, 0.6) is 0 Å². The molecule has 0 radical (unpaired) electrons. The summed E-state index contributed by atoms with van der Waals surface area (Å²) in [4.78, 5) is 10.4. The standard InChI is InChI=1S/C10H9N3O/c1-9(7-11)13(12-14)8-10-5-3-2-4-6-10/h2-6H,1,8H2. The summed E-state index contributed by atoms with van der Waals surface area (Å²) < 4.78 is 0. The average molecular weight is 187 g/mol. The molecule has 0 unspecified atom stereocenters. The van der Waals surface area contributed by atoms with Crippen LogP contribution < -0.4 is 0 Å². The molecule has 0 N–H and O–H groups in total. The van der Waals surface area contributed by atoms with E-state index >= 15 is 0 Å². The third-order valence-corrected chi connectivity index (χ3v) is 1.71. The molecule has 0 aliphatic heterocycles. The number of nitriles is 1. The molecule has 0 amide bonds. The molecule has 0 saturated carbocycles. The molecule has 0 saturated heterocycles. The molecule has 70 valence electrons. The Labute approximate surface area is 82.0 Å². The Hall–Kier alpha value is -2.15. The highest BCUT2D eigenvalue weighted by atomic mass is 16.3. The van der Waals surface area contributed by atoms with Crippen molar-refractivity contribution in [3.05, 3.63) is 53.1 Å². The van der Waals surface area contributed by atoms with Crippen molar-refractivity contribution in [2.24, 2.45) is 5.29 Å². The van der Waals surface area contributed by atoms with E-state index in [0.29, 0.717) is 0 Å². The zero-order valence-corrected chi connectivity index (χ0v) is 7.55. The van der Waals surface area contributed by atoms with Crippen molar-refractivity contribution < 1.29 is 0 Å². The maximum atomic E-state index is 10.4. The number of benzene rings is 1. The van der Waals surface area contributed by atoms with Gasteiger partial charge < -0.3 is 0 Å². The van der Waals surface area contributed by atoms with E-state index in [1.54, 1.807) is 6.07 Å². The van der Waals surface area contributed by atoms with E-state index in [0.717, 1.165) is 10.6 Å². The van der Waals surface area contributed by atoms with Gasteiger partial charge in [-0.25, -0.2) is 5.01 Å². The van der Waals surface area contributed by atoms with Crippen LogP contribution >= 0.6 is 0 Å². The summed E-state index contributed by atoms with van der Waals surface area (Å²) in [5, 5.41) is 12.3. The van der Waals surface area contributed by atoms with Gasteiger partial charge in [-0.3, -0.25) is 0 Å². The molecule has 0 spiro atoms. The summed E-state index contributed by atoms with van der Waals surface area (Å²) in [6.07, 6.45) is 0. The van der Waals surface area contributed by atoms with E-state index in [9.17, 15) is 4.91 Å². The lowest BCUT2D eigenvalue weighted by Crippen LogP contribution is -2.13. The van der Waals surface area contributed by atoms with E-state index in [-0.39, 0.29) is 12.2 Å². The Morgan fingerprint density at radius 2 is 2.14 bits per heavy atom. The fourth-order valence-corrected chi connectivity index (χ4v) is 0.988. The van der Waals surface area contributed by atoms with Crippen molar-refractivity contribution in [3.8, 4) is 6.07 Å². The smallest absolute Gasteiger partial charge is 0.133 e. The minimum atomic E-state index is 0.0452. The van der Waals surface area contributed by atoms with Crippen LogP contribution in [0.2, 0.25) is 0 Å². The van der Waals surface area contributed by atoms with Gasteiger partial charge in [0.2, 0.25) is 0 Å². The lowest BCUT2D eigenvalue weighted by atomic mass is 10.2. The minimum absolute atomic E-state index is 0.0452. The van der Waals surface area contributed by atoms with Crippen molar-refractivity contribution in [1.82, 2.24) is 5.01 Å². The Morgan fingerprint density at radius 3 is 2.64 bits per heavy atom. The molecule has 1 aromatic rings. The number of hydrogen-bond acceptors (Lipinski definition) is 3. The zero-order chi connectivity index (χ0) is 10.4. The van der Waals surface area contributed by atoms with Crippen LogP contribution in [0.4, 0.5) is 0 Å². The predicted molar refractivity (Wildman–Crippen MR) is 52.5 cm³/mol. The molecule has 14 heavy (non-hydrogen) atoms. The normalized spacial score (nSPS) is 8.79. The molecule has 0 heterocycles. The summed E-state index contributed by atoms with van der Waals surface area (Å²) in [5.74, 6) is 0. The Balaban J connectivity index is 2.72. The van der Waals surface area contributed by atoms with E-state index in [2.05, 4.69) is 11.9 Å². The first kappa shape index (κ1) is 9.93. The molecule has 0 bridgehead atoms. The third kappa shape index (κ3) is 2.42. The zero-order valence-electron chi connectivity index (χ0n) is 7.55. The van der Waals surface area contributed by atoms with Crippen molar-refractivity contribution in [2.75, 3.05) is 0 Å². The Bertz CT molecular complexity index is 367. The van der Waals surface area contributed by atoms with E-state index in [4.69, 9.17) is 5.26 Å². The predicted octanol–water partition coefficient (Wildman–Crippen LogP) is 2.21. The minimum Gasteiger partial charge on any atom is -0.215 e. The van der Waals surface area contributed by atoms with Gasteiger partial charge >= 0.3 is 0 Å². The largest absolute Gasteiger partial charge is 0.215 e. The van der Waals surface area contributed by atoms with E-state index in [1.807, 2.05) is 30.3 Å². The monoisotopic (exact) mass is 187 g/mol. The molecule has 0 aromatic heterocycles. The number of hydrogen-bond donors (Lipinski definition) is 0. The highest BCUT2D eigenvalue weighted by molar-refractivity contribution is 5.19. The number of nitroso groups, excluding NO2 is 1. The van der Waals surface area contributed by atoms with Crippen molar-refractivity contribution in [3.63, 3.8) is 0 Å². The van der Waals surface area contributed by atoms with Crippen LogP contribution in [-0.4, -0.2) is 5.01 Å². The molecular weight excluding hydrogens is 178 g/mol. The summed E-state index contributed by atoms with van der Waals surface area (Å²) in [6, 6.07) is 11.1. The van der Waals surface area contributed by atoms with Gasteiger partial charge in [0.25, 0.3) is 0 Å². The summed E-state index contributed by atoms with van der Waals surface area (Å²) >= 11 is 0. The van der Waals surface area contributed by atoms with Crippen molar-refractivity contribution in [2.45, 2.75) is 6.54 Å². The second kappa shape index (κ2) is 4.77. The summed E-state index contributed by atoms with van der Waals surface area (Å²) in [5.41, 5.74) is 0.951. The fourth-order valence-electron chi connectivity index (χ4n) is 0.988. The molecule has 1 rings (SSSR count). The molecule has 1 aromatic carbocycles. The van der Waals surface area contributed by atoms with E-state index in [1.165, 1.54) is 0 Å². The van der Waals surface area contributed by atoms with Crippen LogP contribution in [0, 0.1) is 16.2 Å². The molecular formula is C10H9N3O. The number of rotatable bonds is 4. The first-order valence-corrected chi connectivity index (χ1v) is 4.01. The fraction of sp³-hybridized carbons (Fsp3) is 0.100. The molecule has 4 nitrogen and oxygen atoms in total. The van der Waals surface area contributed by atoms with Gasteiger partial charge in [0.05, 0.1) is 11.8 Å². The molecule has 0 aliphatic carbocycles. The van der Waals surface area contributed by atoms with Gasteiger partial charge in [0.1, 0.15) is 11.8 Å². The lowest BCUT2D eigenvalue weighted by molar-refractivity contribution is 0.367. The first-order chi connectivity index (χ1) is 6.77. The van der Waals surface area contributed by atoms with Crippen LogP contribution in [0.1, 0.15) is 5.56 Å². The third-order valence-electron chi connectivity index (χ3n) is 1.71. The molecule has 0 atom stereocenters. The van der Waals surface area contributed by atoms with Gasteiger partial charge in [-0.05, 0) is 5.56 Å². The first-order valence-electron chi connectivity index (χ1n) is 4.01. The molecule has 0 aliphatic rings. The highest BCUT2D eigenvalue weighted by Gasteiger charge is 2.07. The van der Waals surface area contributed by atoms with Crippen molar-refractivity contribution >= 4 is 0 Å². The number of nitrogens with zero attached hydrogens (tertiary/aromatic N) is 3. The lowest BCUT2D eigenvalue weighted by Gasteiger charge is -2.11. The molecule has 4 heteroatoms. The van der Waals surface area contributed by atoms with E-state index < -0.39 is 0 Å². The van der Waals surface area contributed by atoms with Gasteiger partial charge in [-0.1, -0.05) is 36.9 Å². The van der Waals surface area contributed by atoms with Crippen LogP contribution in [0.25, 0.3) is 0 Å². The number of allylic oxidation sites excluding steroid dienone is 1. The maximum absolute atomic E-state index is 10.4. The second-order valence-electron chi connectivity index (χ2n) is 2.68. The summed E-state index contributed by atoms with van der Waals surface area (Å²) in [7, 11) is 0. The Morgan fingerprint density at radius 1 is 1.50 bits per heavy atom. The van der Waals surface area contributed by atoms with Crippen LogP contribution in [0.15, 0.2) is 47.9 Å². The second-order valence-corrected chi connectivity index (χ2v) is 2.68. The highest BCUT2D eigenvalue weighted by Crippen LogP contribution is 2.08. The van der Waals surface area contributed by atoms with Crippen LogP contribution in [0.3, 0.4) is 0 Å². The van der Waals surface area contributed by atoms with Gasteiger partial charge in [0.15, 0.2) is 0 Å². The van der Waals surface area contributed by atoms with Crippen LogP contribution in [-0.2, 0) is 6.54 Å². The van der Waals surface area contributed by atoms with Gasteiger partial charge in [-0.15, -0.1) is 4.91 Å². The molecule has 0 fully saturated rings. The van der Waals surface area contributed by atoms with Crippen molar-refractivity contribution in [1.29, 1.82) is 5.26 Å². The quantitative estimate of drug-likeness (QED) is 0.412. The average Bonchev–Trinajstić information content (AvgIpc) is 2.26. The van der Waals surface area contributed by atoms with Gasteiger partial charge in [0, 0.05) is 0 Å². The SMILES string of the molecule is C=C(C#N)N(Cc1ccccc1)N=O. The topological polar surface area (TPSA) is 56.5 Å². The maximum Gasteiger partial charge on any atom is 0.133 e.